The van der Waals surface area contributed by atoms with Crippen molar-refractivity contribution in [2.45, 2.75) is 18.1 Å². The van der Waals surface area contributed by atoms with Gasteiger partial charge in [-0.15, -0.1) is 0 Å². The van der Waals surface area contributed by atoms with Gasteiger partial charge in [0.15, 0.2) is 0 Å². The number of aliphatic imine (C=N–C) groups is 1. The van der Waals surface area contributed by atoms with E-state index in [-0.39, 0.29) is 18.0 Å². The Morgan fingerprint density at radius 3 is 2.72 bits per heavy atom. The zero-order valence-electron chi connectivity index (χ0n) is 9.57. The molecule has 1 heterocycles. The number of alkyl halides is 2. The van der Waals surface area contributed by atoms with Crippen molar-refractivity contribution >= 4 is 6.02 Å². The molecule has 0 spiro atoms. The molecule has 0 saturated carbocycles. The first-order valence-electron chi connectivity index (χ1n) is 5.50. The summed E-state index contributed by atoms with van der Waals surface area (Å²) in [6, 6.07) is 5.38. The predicted molar refractivity (Wildman–Crippen MR) is 61.1 cm³/mol. The lowest BCUT2D eigenvalue weighted by atomic mass is 9.85. The molecule has 98 valence electrons. The summed E-state index contributed by atoms with van der Waals surface area (Å²) in [7, 11) is 0. The summed E-state index contributed by atoms with van der Waals surface area (Å²) in [5.74, 6) is -0.591. The van der Waals surface area contributed by atoms with E-state index >= 15 is 0 Å². The SMILES string of the molecule is NC1=NC(CF)(c2ccccc2F)CC(CF)O1. The van der Waals surface area contributed by atoms with E-state index in [1.807, 2.05) is 0 Å². The Balaban J connectivity index is 2.48. The van der Waals surface area contributed by atoms with Crippen molar-refractivity contribution < 1.29 is 17.9 Å². The first-order chi connectivity index (χ1) is 8.61. The summed E-state index contributed by atoms with van der Waals surface area (Å²) in [5, 5.41) is 0. The number of hydrogen-bond acceptors (Lipinski definition) is 3. The Kier molecular flexibility index (Phi) is 3.45. The van der Waals surface area contributed by atoms with Gasteiger partial charge in [0, 0.05) is 12.0 Å². The van der Waals surface area contributed by atoms with Gasteiger partial charge in [-0.25, -0.2) is 18.2 Å². The molecule has 0 radical (unpaired) electrons. The molecule has 18 heavy (non-hydrogen) atoms. The number of nitrogens with two attached hydrogens (primary N) is 1. The van der Waals surface area contributed by atoms with E-state index in [0.29, 0.717) is 0 Å². The molecule has 1 aromatic carbocycles. The Bertz CT molecular complexity index is 466. The van der Waals surface area contributed by atoms with Gasteiger partial charge in [-0.05, 0) is 6.07 Å². The molecular weight excluding hydrogens is 245 g/mol. The number of halogens is 3. The van der Waals surface area contributed by atoms with Crippen LogP contribution in [0.3, 0.4) is 0 Å². The Morgan fingerprint density at radius 1 is 1.39 bits per heavy atom. The lowest BCUT2D eigenvalue weighted by Gasteiger charge is -2.34. The Labute approximate surface area is 102 Å². The standard InChI is InChI=1S/C12H13F3N2O/c13-6-8-5-12(7-14,17-11(16)18-8)9-3-1-2-4-10(9)15/h1-4,8H,5-7H2,(H2,16,17). The minimum atomic E-state index is -1.50. The van der Waals surface area contributed by atoms with Crippen LogP contribution in [0.15, 0.2) is 29.3 Å². The summed E-state index contributed by atoms with van der Waals surface area (Å²) in [4.78, 5) is 3.85. The van der Waals surface area contributed by atoms with E-state index in [9.17, 15) is 13.2 Å². The molecule has 0 aliphatic carbocycles. The third-order valence-electron chi connectivity index (χ3n) is 2.95. The average molecular weight is 258 g/mol. The van der Waals surface area contributed by atoms with Crippen molar-refractivity contribution in [3.63, 3.8) is 0 Å². The van der Waals surface area contributed by atoms with Crippen molar-refractivity contribution in [2.75, 3.05) is 13.3 Å². The molecule has 0 amide bonds. The smallest absolute Gasteiger partial charge is 0.283 e. The highest BCUT2D eigenvalue weighted by atomic mass is 19.1. The van der Waals surface area contributed by atoms with Crippen molar-refractivity contribution in [3.8, 4) is 0 Å². The second-order valence-corrected chi connectivity index (χ2v) is 4.19. The highest BCUT2D eigenvalue weighted by Gasteiger charge is 2.41. The highest BCUT2D eigenvalue weighted by molar-refractivity contribution is 5.73. The molecule has 6 heteroatoms. The zero-order chi connectivity index (χ0) is 13.2. The van der Waals surface area contributed by atoms with Crippen molar-refractivity contribution in [3.05, 3.63) is 35.6 Å². The molecule has 2 unspecified atom stereocenters. The maximum absolute atomic E-state index is 13.8. The third-order valence-corrected chi connectivity index (χ3v) is 2.95. The lowest BCUT2D eigenvalue weighted by Crippen LogP contribution is -2.43. The minimum Gasteiger partial charge on any atom is -0.459 e. The van der Waals surface area contributed by atoms with Gasteiger partial charge in [0.2, 0.25) is 0 Å². The van der Waals surface area contributed by atoms with Crippen molar-refractivity contribution in [1.29, 1.82) is 0 Å². The molecule has 1 aliphatic rings. The maximum atomic E-state index is 13.8. The summed E-state index contributed by atoms with van der Waals surface area (Å²) < 4.78 is 44.7. The van der Waals surface area contributed by atoms with E-state index in [1.165, 1.54) is 18.2 Å². The van der Waals surface area contributed by atoms with E-state index in [1.54, 1.807) is 6.07 Å². The maximum Gasteiger partial charge on any atom is 0.283 e. The summed E-state index contributed by atoms with van der Waals surface area (Å²) >= 11 is 0. The first-order valence-corrected chi connectivity index (χ1v) is 5.50. The molecule has 0 saturated heterocycles. The van der Waals surface area contributed by atoms with E-state index < -0.39 is 30.8 Å². The molecule has 0 aromatic heterocycles. The molecule has 3 nitrogen and oxygen atoms in total. The molecule has 2 rings (SSSR count). The first kappa shape index (κ1) is 12.7. The monoisotopic (exact) mass is 258 g/mol. The number of amidine groups is 1. The van der Waals surface area contributed by atoms with Gasteiger partial charge >= 0.3 is 0 Å². The molecule has 2 N–H and O–H groups in total. The molecule has 0 fully saturated rings. The van der Waals surface area contributed by atoms with Crippen molar-refractivity contribution in [2.24, 2.45) is 10.7 Å². The van der Waals surface area contributed by atoms with Crippen LogP contribution in [0.1, 0.15) is 12.0 Å². The lowest BCUT2D eigenvalue weighted by molar-refractivity contribution is 0.0781. The van der Waals surface area contributed by atoms with Gasteiger partial charge in [0.1, 0.15) is 30.8 Å². The number of benzene rings is 1. The molecule has 1 aliphatic heterocycles. The van der Waals surface area contributed by atoms with Crippen LogP contribution in [0.5, 0.6) is 0 Å². The van der Waals surface area contributed by atoms with Gasteiger partial charge in [-0.2, -0.15) is 0 Å². The average Bonchev–Trinajstić information content (AvgIpc) is 2.38. The minimum absolute atomic E-state index is 0.0669. The number of hydrogen-bond donors (Lipinski definition) is 1. The van der Waals surface area contributed by atoms with Crippen LogP contribution >= 0.6 is 0 Å². The molecule has 0 bridgehead atoms. The van der Waals surface area contributed by atoms with Gasteiger partial charge in [-0.3, -0.25) is 0 Å². The zero-order valence-corrected chi connectivity index (χ0v) is 9.57. The summed E-state index contributed by atoms with van der Waals surface area (Å²) in [6.45, 7) is -1.79. The summed E-state index contributed by atoms with van der Waals surface area (Å²) in [5.41, 5.74) is 3.98. The summed E-state index contributed by atoms with van der Waals surface area (Å²) in [6.07, 6.45) is -0.986. The van der Waals surface area contributed by atoms with E-state index in [4.69, 9.17) is 10.5 Å². The van der Waals surface area contributed by atoms with Crippen LogP contribution in [0.4, 0.5) is 13.2 Å². The molecule has 2 atom stereocenters. The second-order valence-electron chi connectivity index (χ2n) is 4.19. The molecular formula is C12H13F3N2O. The molecule has 1 aromatic rings. The second kappa shape index (κ2) is 4.88. The number of nitrogens with zero attached hydrogens (tertiary/aromatic N) is 1. The van der Waals surface area contributed by atoms with Gasteiger partial charge < -0.3 is 10.5 Å². The van der Waals surface area contributed by atoms with Crippen LogP contribution in [0.2, 0.25) is 0 Å². The van der Waals surface area contributed by atoms with E-state index in [0.717, 1.165) is 0 Å². The predicted octanol–water partition coefficient (Wildman–Crippen LogP) is 2.06. The fourth-order valence-corrected chi connectivity index (χ4v) is 2.12. The van der Waals surface area contributed by atoms with Crippen LogP contribution < -0.4 is 5.73 Å². The normalized spacial score (nSPS) is 27.5. The fourth-order valence-electron chi connectivity index (χ4n) is 2.12. The van der Waals surface area contributed by atoms with Crippen LogP contribution in [0.25, 0.3) is 0 Å². The van der Waals surface area contributed by atoms with Gasteiger partial charge in [0.05, 0.1) is 0 Å². The quantitative estimate of drug-likeness (QED) is 0.902. The largest absolute Gasteiger partial charge is 0.459 e. The Hall–Kier alpha value is -1.72. The number of ether oxygens (including phenoxy) is 1. The van der Waals surface area contributed by atoms with Gasteiger partial charge in [0.25, 0.3) is 6.02 Å². The van der Waals surface area contributed by atoms with Crippen LogP contribution in [0, 0.1) is 5.82 Å². The fraction of sp³-hybridized carbons (Fsp3) is 0.417. The van der Waals surface area contributed by atoms with Crippen molar-refractivity contribution in [1.82, 2.24) is 0 Å². The van der Waals surface area contributed by atoms with Crippen LogP contribution in [-0.2, 0) is 10.3 Å². The number of rotatable bonds is 3. The van der Waals surface area contributed by atoms with E-state index in [2.05, 4.69) is 4.99 Å². The highest BCUT2D eigenvalue weighted by Crippen LogP contribution is 2.36. The van der Waals surface area contributed by atoms with Crippen LogP contribution in [-0.4, -0.2) is 25.5 Å². The Morgan fingerprint density at radius 2 is 2.11 bits per heavy atom. The topological polar surface area (TPSA) is 47.6 Å². The van der Waals surface area contributed by atoms with Gasteiger partial charge in [-0.1, -0.05) is 18.2 Å². The third kappa shape index (κ3) is 2.14.